The van der Waals surface area contributed by atoms with Crippen molar-refractivity contribution in [2.45, 2.75) is 78.6 Å². The van der Waals surface area contributed by atoms with Crippen LogP contribution in [0.25, 0.3) is 0 Å². The Hall–Kier alpha value is -0.150. The second-order valence-corrected chi connectivity index (χ2v) is 9.16. The van der Waals surface area contributed by atoms with Gasteiger partial charge in [0, 0.05) is 31.2 Å². The van der Waals surface area contributed by atoms with Gasteiger partial charge in [-0.3, -0.25) is 9.80 Å². The van der Waals surface area contributed by atoms with Crippen LogP contribution >= 0.6 is 0 Å². The smallest absolute Gasteiger partial charge is 0.116 e. The van der Waals surface area contributed by atoms with E-state index in [0.29, 0.717) is 12.6 Å². The lowest BCUT2D eigenvalue weighted by molar-refractivity contribution is -0.0136. The van der Waals surface area contributed by atoms with Gasteiger partial charge in [-0.15, -0.1) is 0 Å². The van der Waals surface area contributed by atoms with Crippen LogP contribution in [0.3, 0.4) is 0 Å². The summed E-state index contributed by atoms with van der Waals surface area (Å²) in [5, 5.41) is 0. The summed E-state index contributed by atoms with van der Waals surface area (Å²) in [4.78, 5) is 5.01. The Labute approximate surface area is 131 Å². The third-order valence-electron chi connectivity index (χ3n) is 5.61. The Bertz CT molecular complexity index is 334. The Kier molecular flexibility index (Phi) is 5.04. The van der Waals surface area contributed by atoms with Gasteiger partial charge in [0.2, 0.25) is 0 Å². The lowest BCUT2D eigenvalue weighted by atomic mass is 9.74. The maximum absolute atomic E-state index is 14.6. The Morgan fingerprint density at radius 3 is 1.86 bits per heavy atom. The van der Waals surface area contributed by atoms with Gasteiger partial charge in [-0.25, -0.2) is 4.39 Å². The van der Waals surface area contributed by atoms with Crippen molar-refractivity contribution >= 4 is 0 Å². The summed E-state index contributed by atoms with van der Waals surface area (Å²) in [6, 6.07) is 0.600. The Morgan fingerprint density at radius 1 is 0.857 bits per heavy atom. The van der Waals surface area contributed by atoms with E-state index in [1.165, 1.54) is 12.8 Å². The first-order valence-electron chi connectivity index (χ1n) is 8.72. The highest BCUT2D eigenvalue weighted by Gasteiger charge is 2.39. The molecule has 2 fully saturated rings. The molecular weight excluding hydrogens is 263 g/mol. The molecule has 2 atom stereocenters. The summed E-state index contributed by atoms with van der Waals surface area (Å²) in [5.41, 5.74) is 0.369. The summed E-state index contributed by atoms with van der Waals surface area (Å²) in [5.74, 6) is 0.225. The van der Waals surface area contributed by atoms with Gasteiger partial charge in [-0.2, -0.15) is 0 Å². The standard InChI is InChI=1S/C18H35FN2/c1-17(2,3)15-9-10-20(13-16(15)19)14-7-11-21(12-8-14)18(4,5)6/h14-16H,7-13H2,1-6H3/t15-,16+/m1/s1. The van der Waals surface area contributed by atoms with Crippen LogP contribution in [0.4, 0.5) is 4.39 Å². The third kappa shape index (κ3) is 4.19. The lowest BCUT2D eigenvalue weighted by Crippen LogP contribution is -2.55. The van der Waals surface area contributed by atoms with Crippen LogP contribution in [-0.4, -0.2) is 53.7 Å². The van der Waals surface area contributed by atoms with E-state index in [0.717, 1.165) is 26.1 Å². The van der Waals surface area contributed by atoms with Crippen LogP contribution in [0.2, 0.25) is 0 Å². The molecule has 0 N–H and O–H groups in total. The Morgan fingerprint density at radius 2 is 1.43 bits per heavy atom. The van der Waals surface area contributed by atoms with Crippen molar-refractivity contribution in [3.63, 3.8) is 0 Å². The maximum atomic E-state index is 14.6. The molecule has 21 heavy (non-hydrogen) atoms. The number of halogens is 1. The molecule has 2 aliphatic heterocycles. The van der Waals surface area contributed by atoms with Crippen molar-refractivity contribution in [3.8, 4) is 0 Å². The molecule has 0 aromatic heterocycles. The number of rotatable bonds is 1. The van der Waals surface area contributed by atoms with Gasteiger partial charge in [-0.05, 0) is 57.9 Å². The average Bonchev–Trinajstić information content (AvgIpc) is 2.36. The molecule has 2 aliphatic rings. The molecule has 0 bridgehead atoms. The fraction of sp³-hybridized carbons (Fsp3) is 1.00. The highest BCUT2D eigenvalue weighted by atomic mass is 19.1. The number of piperidine rings is 2. The van der Waals surface area contributed by atoms with E-state index < -0.39 is 6.17 Å². The highest BCUT2D eigenvalue weighted by molar-refractivity contribution is 4.92. The molecule has 2 heterocycles. The van der Waals surface area contributed by atoms with Crippen molar-refractivity contribution in [1.29, 1.82) is 0 Å². The number of alkyl halides is 1. The monoisotopic (exact) mass is 298 g/mol. The van der Waals surface area contributed by atoms with E-state index in [-0.39, 0.29) is 16.9 Å². The van der Waals surface area contributed by atoms with Crippen molar-refractivity contribution in [3.05, 3.63) is 0 Å². The first-order valence-corrected chi connectivity index (χ1v) is 8.72. The van der Waals surface area contributed by atoms with Gasteiger partial charge in [0.05, 0.1) is 0 Å². The van der Waals surface area contributed by atoms with Crippen molar-refractivity contribution in [2.24, 2.45) is 11.3 Å². The zero-order valence-electron chi connectivity index (χ0n) is 15.0. The maximum Gasteiger partial charge on any atom is 0.116 e. The van der Waals surface area contributed by atoms with E-state index in [9.17, 15) is 4.39 Å². The summed E-state index contributed by atoms with van der Waals surface area (Å²) in [6.07, 6.45) is 2.76. The fourth-order valence-corrected chi connectivity index (χ4v) is 4.14. The summed E-state index contributed by atoms with van der Waals surface area (Å²) in [7, 11) is 0. The van der Waals surface area contributed by atoms with Gasteiger partial charge >= 0.3 is 0 Å². The molecule has 0 aromatic carbocycles. The third-order valence-corrected chi connectivity index (χ3v) is 5.61. The molecule has 2 saturated heterocycles. The summed E-state index contributed by atoms with van der Waals surface area (Å²) in [6.45, 7) is 17.5. The molecule has 0 unspecified atom stereocenters. The second-order valence-electron chi connectivity index (χ2n) is 9.16. The average molecular weight is 298 g/mol. The predicted molar refractivity (Wildman–Crippen MR) is 88.4 cm³/mol. The molecule has 124 valence electrons. The SMILES string of the molecule is CC(C)(C)[C@@H]1CCN(C2CCN(C(C)(C)C)CC2)C[C@@H]1F. The molecule has 3 heteroatoms. The van der Waals surface area contributed by atoms with Gasteiger partial charge in [0.25, 0.3) is 0 Å². The molecule has 0 saturated carbocycles. The van der Waals surface area contributed by atoms with Crippen LogP contribution < -0.4 is 0 Å². The molecule has 0 radical (unpaired) electrons. The topological polar surface area (TPSA) is 6.48 Å². The van der Waals surface area contributed by atoms with Gasteiger partial charge in [-0.1, -0.05) is 20.8 Å². The van der Waals surface area contributed by atoms with E-state index in [2.05, 4.69) is 51.3 Å². The summed E-state index contributed by atoms with van der Waals surface area (Å²) >= 11 is 0. The fourth-order valence-electron chi connectivity index (χ4n) is 4.14. The van der Waals surface area contributed by atoms with Gasteiger partial charge < -0.3 is 0 Å². The quantitative estimate of drug-likeness (QED) is 0.723. The Balaban J connectivity index is 1.86. The van der Waals surface area contributed by atoms with Crippen LogP contribution in [0, 0.1) is 11.3 Å². The van der Waals surface area contributed by atoms with Crippen LogP contribution in [0.5, 0.6) is 0 Å². The summed E-state index contributed by atoms with van der Waals surface area (Å²) < 4.78 is 14.6. The molecule has 0 spiro atoms. The number of nitrogens with zero attached hydrogens (tertiary/aromatic N) is 2. The van der Waals surface area contributed by atoms with Crippen molar-refractivity contribution < 1.29 is 4.39 Å². The minimum Gasteiger partial charge on any atom is -0.298 e. The normalized spacial score (nSPS) is 31.6. The number of likely N-dealkylation sites (tertiary alicyclic amines) is 2. The zero-order valence-corrected chi connectivity index (χ0v) is 15.0. The molecule has 0 aromatic rings. The minimum absolute atomic E-state index is 0.0983. The van der Waals surface area contributed by atoms with E-state index in [1.807, 2.05) is 0 Å². The number of hydrogen-bond acceptors (Lipinski definition) is 2. The first-order chi connectivity index (χ1) is 9.59. The minimum atomic E-state index is -0.653. The van der Waals surface area contributed by atoms with E-state index >= 15 is 0 Å². The molecule has 0 amide bonds. The first kappa shape index (κ1) is 17.2. The van der Waals surface area contributed by atoms with Crippen LogP contribution in [-0.2, 0) is 0 Å². The van der Waals surface area contributed by atoms with Gasteiger partial charge in [0.15, 0.2) is 0 Å². The predicted octanol–water partition coefficient (Wildman–Crippen LogP) is 3.96. The second kappa shape index (κ2) is 6.16. The van der Waals surface area contributed by atoms with E-state index in [1.54, 1.807) is 0 Å². The molecule has 2 rings (SSSR count). The van der Waals surface area contributed by atoms with Crippen LogP contribution in [0.15, 0.2) is 0 Å². The van der Waals surface area contributed by atoms with Crippen LogP contribution in [0.1, 0.15) is 60.8 Å². The van der Waals surface area contributed by atoms with Gasteiger partial charge in [0.1, 0.15) is 6.17 Å². The molecule has 0 aliphatic carbocycles. The molecular formula is C18H35FN2. The highest BCUT2D eigenvalue weighted by Crippen LogP contribution is 2.37. The van der Waals surface area contributed by atoms with Crippen molar-refractivity contribution in [2.75, 3.05) is 26.2 Å². The largest absolute Gasteiger partial charge is 0.298 e. The van der Waals surface area contributed by atoms with Crippen molar-refractivity contribution in [1.82, 2.24) is 9.80 Å². The lowest BCUT2D eigenvalue weighted by Gasteiger charge is -2.47. The molecule has 2 nitrogen and oxygen atoms in total. The number of hydrogen-bond donors (Lipinski definition) is 0. The zero-order chi connectivity index (χ0) is 15.8. The van der Waals surface area contributed by atoms with E-state index in [4.69, 9.17) is 0 Å².